The van der Waals surface area contributed by atoms with Crippen LogP contribution in [-0.2, 0) is 22.6 Å². The fourth-order valence-corrected chi connectivity index (χ4v) is 4.56. The molecule has 0 saturated carbocycles. The molecule has 3 aromatic rings. The normalized spacial score (nSPS) is 10.6. The molecule has 0 unspecified atom stereocenters. The average molecular weight is 496 g/mol. The molecule has 8 heteroatoms. The van der Waals surface area contributed by atoms with Crippen LogP contribution in [0.4, 0.5) is 10.5 Å². The predicted octanol–water partition coefficient (Wildman–Crippen LogP) is 5.16. The minimum Gasteiger partial charge on any atom is -0.495 e. The fraction of sp³-hybridized carbons (Fsp3) is 0.333. The molecule has 1 N–H and O–H groups in total. The summed E-state index contributed by atoms with van der Waals surface area (Å²) in [6, 6.07) is 20.9. The summed E-state index contributed by atoms with van der Waals surface area (Å²) in [6.07, 6.45) is 0.617. The number of aryl methyl sites for hydroxylation is 1. The van der Waals surface area contributed by atoms with E-state index in [1.165, 1.54) is 9.78 Å². The summed E-state index contributed by atoms with van der Waals surface area (Å²) >= 11 is 1.67. The number of amides is 3. The number of nitrogens with zero attached hydrogens (tertiary/aromatic N) is 2. The van der Waals surface area contributed by atoms with E-state index in [-0.39, 0.29) is 18.5 Å². The van der Waals surface area contributed by atoms with Crippen molar-refractivity contribution >= 4 is 29.0 Å². The van der Waals surface area contributed by atoms with Gasteiger partial charge in [-0.05, 0) is 43.2 Å². The van der Waals surface area contributed by atoms with E-state index < -0.39 is 0 Å². The standard InChI is InChI=1S/C27H33N3O4S/c1-21-14-15-23(35-21)19-30(18-22-10-5-4-6-11-22)26(31)20-29(16-9-17-33-2)27(32)28-24-12-7-8-13-25(24)34-3/h4-8,10-15H,9,16-20H2,1-3H3,(H,28,32). The SMILES string of the molecule is COCCCN(CC(=O)N(Cc1ccccc1)Cc1ccc(C)s1)C(=O)Nc1ccccc1OC. The molecular weight excluding hydrogens is 462 g/mol. The van der Waals surface area contributed by atoms with Gasteiger partial charge in [0.15, 0.2) is 0 Å². The van der Waals surface area contributed by atoms with Gasteiger partial charge in [0.2, 0.25) is 5.91 Å². The molecule has 3 amide bonds. The van der Waals surface area contributed by atoms with Gasteiger partial charge in [-0.1, -0.05) is 42.5 Å². The van der Waals surface area contributed by atoms with Gasteiger partial charge >= 0.3 is 6.03 Å². The lowest BCUT2D eigenvalue weighted by Gasteiger charge is -2.28. The fourth-order valence-electron chi connectivity index (χ4n) is 3.65. The molecule has 0 atom stereocenters. The summed E-state index contributed by atoms with van der Waals surface area (Å²) in [5.74, 6) is 0.440. The van der Waals surface area contributed by atoms with E-state index in [9.17, 15) is 9.59 Å². The maximum atomic E-state index is 13.5. The molecule has 0 aliphatic rings. The minimum absolute atomic E-state index is 0.0398. The zero-order chi connectivity index (χ0) is 25.0. The third-order valence-corrected chi connectivity index (χ3v) is 6.44. The molecular formula is C27H33N3O4S. The number of methoxy groups -OCH3 is 2. The van der Waals surface area contributed by atoms with Crippen molar-refractivity contribution in [1.82, 2.24) is 9.80 Å². The summed E-state index contributed by atoms with van der Waals surface area (Å²) in [4.78, 5) is 32.4. The number of ether oxygens (including phenoxy) is 2. The maximum absolute atomic E-state index is 13.5. The molecule has 2 aromatic carbocycles. The van der Waals surface area contributed by atoms with Crippen LogP contribution in [0.25, 0.3) is 0 Å². The van der Waals surface area contributed by atoms with E-state index in [4.69, 9.17) is 9.47 Å². The van der Waals surface area contributed by atoms with Gasteiger partial charge in [0.05, 0.1) is 19.3 Å². The van der Waals surface area contributed by atoms with E-state index in [0.29, 0.717) is 44.1 Å². The summed E-state index contributed by atoms with van der Waals surface area (Å²) in [5.41, 5.74) is 1.60. The average Bonchev–Trinajstić information content (AvgIpc) is 3.28. The van der Waals surface area contributed by atoms with Gasteiger partial charge in [-0.3, -0.25) is 4.79 Å². The van der Waals surface area contributed by atoms with Crippen LogP contribution in [0.2, 0.25) is 0 Å². The van der Waals surface area contributed by atoms with E-state index in [0.717, 1.165) is 10.4 Å². The second-order valence-corrected chi connectivity index (χ2v) is 9.52. The Labute approximate surface area is 211 Å². The number of carbonyl (C=O) groups is 2. The molecule has 1 aromatic heterocycles. The Bertz CT molecular complexity index is 1090. The molecule has 35 heavy (non-hydrogen) atoms. The summed E-state index contributed by atoms with van der Waals surface area (Å²) < 4.78 is 10.5. The van der Waals surface area contributed by atoms with Gasteiger partial charge in [0.1, 0.15) is 12.3 Å². The maximum Gasteiger partial charge on any atom is 0.322 e. The predicted molar refractivity (Wildman–Crippen MR) is 140 cm³/mol. The Balaban J connectivity index is 1.77. The quantitative estimate of drug-likeness (QED) is 0.352. The minimum atomic E-state index is -0.356. The number of carbonyl (C=O) groups excluding carboxylic acids is 2. The Morgan fingerprint density at radius 1 is 0.914 bits per heavy atom. The Morgan fingerprint density at radius 2 is 1.66 bits per heavy atom. The Kier molecular flexibility index (Phi) is 10.1. The molecule has 0 fully saturated rings. The number of urea groups is 1. The van der Waals surface area contributed by atoms with E-state index in [1.54, 1.807) is 42.6 Å². The summed E-state index contributed by atoms with van der Waals surface area (Å²) in [6.45, 7) is 3.86. The molecule has 0 spiro atoms. The third-order valence-electron chi connectivity index (χ3n) is 5.45. The first-order valence-electron chi connectivity index (χ1n) is 11.5. The number of rotatable bonds is 12. The molecule has 186 valence electrons. The zero-order valence-corrected chi connectivity index (χ0v) is 21.3. The van der Waals surface area contributed by atoms with Crippen LogP contribution in [0.1, 0.15) is 21.7 Å². The van der Waals surface area contributed by atoms with Gasteiger partial charge in [-0.2, -0.15) is 0 Å². The first-order chi connectivity index (χ1) is 17.0. The van der Waals surface area contributed by atoms with Crippen LogP contribution in [0.15, 0.2) is 66.7 Å². The molecule has 0 saturated heterocycles. The molecule has 3 rings (SSSR count). The Hall–Kier alpha value is -3.36. The van der Waals surface area contributed by atoms with Gasteiger partial charge < -0.3 is 24.6 Å². The van der Waals surface area contributed by atoms with Crippen LogP contribution >= 0.6 is 11.3 Å². The lowest BCUT2D eigenvalue weighted by molar-refractivity contribution is -0.133. The topological polar surface area (TPSA) is 71.1 Å². The summed E-state index contributed by atoms with van der Waals surface area (Å²) in [5, 5.41) is 2.89. The number of anilines is 1. The zero-order valence-electron chi connectivity index (χ0n) is 20.5. The lowest BCUT2D eigenvalue weighted by atomic mass is 10.2. The molecule has 1 heterocycles. The van der Waals surface area contributed by atoms with Crippen molar-refractivity contribution in [3.05, 3.63) is 82.0 Å². The van der Waals surface area contributed by atoms with Crippen molar-refractivity contribution in [2.24, 2.45) is 0 Å². The smallest absolute Gasteiger partial charge is 0.322 e. The third kappa shape index (κ3) is 8.12. The number of hydrogen-bond donors (Lipinski definition) is 1. The molecule has 0 aliphatic heterocycles. The summed E-state index contributed by atoms with van der Waals surface area (Å²) in [7, 11) is 3.17. The van der Waals surface area contributed by atoms with E-state index >= 15 is 0 Å². The van der Waals surface area contributed by atoms with Crippen molar-refractivity contribution in [3.63, 3.8) is 0 Å². The van der Waals surface area contributed by atoms with E-state index in [2.05, 4.69) is 24.4 Å². The number of thiophene rings is 1. The highest BCUT2D eigenvalue weighted by Gasteiger charge is 2.23. The highest BCUT2D eigenvalue weighted by atomic mass is 32.1. The number of para-hydroxylation sites is 2. The molecule has 7 nitrogen and oxygen atoms in total. The van der Waals surface area contributed by atoms with Crippen LogP contribution in [0.5, 0.6) is 5.75 Å². The van der Waals surface area contributed by atoms with Crippen LogP contribution in [0, 0.1) is 6.92 Å². The monoisotopic (exact) mass is 495 g/mol. The van der Waals surface area contributed by atoms with Gasteiger partial charge in [0, 0.05) is 36.6 Å². The van der Waals surface area contributed by atoms with Crippen LogP contribution in [0.3, 0.4) is 0 Å². The molecule has 0 bridgehead atoms. The van der Waals surface area contributed by atoms with Gasteiger partial charge in [-0.15, -0.1) is 11.3 Å². The van der Waals surface area contributed by atoms with Gasteiger partial charge in [0.25, 0.3) is 0 Å². The number of hydrogen-bond acceptors (Lipinski definition) is 5. The van der Waals surface area contributed by atoms with Crippen molar-refractivity contribution < 1.29 is 19.1 Å². The van der Waals surface area contributed by atoms with Crippen molar-refractivity contribution in [2.75, 3.05) is 39.2 Å². The highest BCUT2D eigenvalue weighted by Crippen LogP contribution is 2.24. The number of nitrogens with one attached hydrogen (secondary N) is 1. The number of benzene rings is 2. The first-order valence-corrected chi connectivity index (χ1v) is 12.4. The second-order valence-electron chi connectivity index (χ2n) is 8.15. The van der Waals surface area contributed by atoms with Crippen molar-refractivity contribution in [1.29, 1.82) is 0 Å². The second kappa shape index (κ2) is 13.5. The van der Waals surface area contributed by atoms with Gasteiger partial charge in [-0.25, -0.2) is 4.79 Å². The van der Waals surface area contributed by atoms with Crippen LogP contribution in [-0.4, -0.2) is 55.7 Å². The van der Waals surface area contributed by atoms with Crippen molar-refractivity contribution in [3.8, 4) is 5.75 Å². The lowest BCUT2D eigenvalue weighted by Crippen LogP contribution is -2.44. The Morgan fingerprint density at radius 3 is 2.34 bits per heavy atom. The highest BCUT2D eigenvalue weighted by molar-refractivity contribution is 7.11. The van der Waals surface area contributed by atoms with E-state index in [1.807, 2.05) is 42.5 Å². The van der Waals surface area contributed by atoms with Crippen LogP contribution < -0.4 is 10.1 Å². The largest absolute Gasteiger partial charge is 0.495 e. The van der Waals surface area contributed by atoms with Crippen molar-refractivity contribution in [2.45, 2.75) is 26.4 Å². The molecule has 0 aliphatic carbocycles. The molecule has 0 radical (unpaired) electrons. The first kappa shape index (κ1) is 26.2.